The zero-order valence-corrected chi connectivity index (χ0v) is 14.1. The van der Waals surface area contributed by atoms with E-state index in [1.165, 1.54) is 0 Å². The highest BCUT2D eigenvalue weighted by Crippen LogP contribution is 2.29. The summed E-state index contributed by atoms with van der Waals surface area (Å²) in [7, 11) is 1.88. The fourth-order valence-electron chi connectivity index (χ4n) is 2.44. The van der Waals surface area contributed by atoms with Crippen LogP contribution in [0.25, 0.3) is 0 Å². The van der Waals surface area contributed by atoms with Crippen LogP contribution in [-0.4, -0.2) is 14.8 Å². The predicted octanol–water partition coefficient (Wildman–Crippen LogP) is 4.00. The molecular formula is C17H16Cl2N4. The van der Waals surface area contributed by atoms with Gasteiger partial charge in [0.1, 0.15) is 12.2 Å². The zero-order valence-electron chi connectivity index (χ0n) is 12.6. The molecule has 0 saturated heterocycles. The van der Waals surface area contributed by atoms with E-state index in [1.807, 2.05) is 43.4 Å². The third kappa shape index (κ3) is 3.72. The normalized spacial score (nSPS) is 12.3. The summed E-state index contributed by atoms with van der Waals surface area (Å²) in [5.74, 6) is 0.867. The van der Waals surface area contributed by atoms with Gasteiger partial charge in [-0.3, -0.25) is 10.00 Å². The summed E-state index contributed by atoms with van der Waals surface area (Å²) in [4.78, 5) is 4.25. The SMILES string of the molecule is Cn1ncnc1CN[C@H](c1ccccc1)c1ccc(Cl)c(Cl)c1. The van der Waals surface area contributed by atoms with Crippen LogP contribution in [0.15, 0.2) is 54.9 Å². The Kier molecular flexibility index (Phi) is 4.96. The Labute approximate surface area is 145 Å². The highest BCUT2D eigenvalue weighted by molar-refractivity contribution is 6.42. The number of nitrogens with zero attached hydrogens (tertiary/aromatic N) is 3. The van der Waals surface area contributed by atoms with Gasteiger partial charge in [0.05, 0.1) is 22.6 Å². The molecule has 0 amide bonds. The first-order valence-electron chi connectivity index (χ1n) is 7.21. The number of hydrogen-bond acceptors (Lipinski definition) is 3. The van der Waals surface area contributed by atoms with Crippen molar-refractivity contribution in [2.24, 2.45) is 7.05 Å². The molecule has 0 spiro atoms. The Morgan fingerprint density at radius 1 is 1.04 bits per heavy atom. The second-order valence-corrected chi connectivity index (χ2v) is 6.01. The van der Waals surface area contributed by atoms with Crippen molar-refractivity contribution in [3.8, 4) is 0 Å². The minimum atomic E-state index is -0.0114. The minimum absolute atomic E-state index is 0.0114. The molecule has 0 unspecified atom stereocenters. The van der Waals surface area contributed by atoms with Crippen molar-refractivity contribution in [2.45, 2.75) is 12.6 Å². The lowest BCUT2D eigenvalue weighted by molar-refractivity contribution is 0.562. The van der Waals surface area contributed by atoms with Crippen LogP contribution < -0.4 is 5.32 Å². The average molecular weight is 347 g/mol. The predicted molar refractivity (Wildman–Crippen MR) is 92.6 cm³/mol. The largest absolute Gasteiger partial charge is 0.299 e. The summed E-state index contributed by atoms with van der Waals surface area (Å²) in [5.41, 5.74) is 2.20. The molecule has 0 bridgehead atoms. The molecule has 118 valence electrons. The highest BCUT2D eigenvalue weighted by Gasteiger charge is 2.15. The van der Waals surface area contributed by atoms with E-state index in [0.717, 1.165) is 17.0 Å². The molecule has 0 aliphatic carbocycles. The minimum Gasteiger partial charge on any atom is -0.299 e. The zero-order chi connectivity index (χ0) is 16.2. The van der Waals surface area contributed by atoms with Crippen LogP contribution >= 0.6 is 23.2 Å². The number of aryl methyl sites for hydroxylation is 1. The quantitative estimate of drug-likeness (QED) is 0.759. The lowest BCUT2D eigenvalue weighted by Gasteiger charge is -2.20. The molecule has 1 atom stereocenters. The van der Waals surface area contributed by atoms with Gasteiger partial charge in [0.25, 0.3) is 0 Å². The molecule has 1 heterocycles. The van der Waals surface area contributed by atoms with Crippen LogP contribution in [0.1, 0.15) is 23.0 Å². The Bertz CT molecular complexity index is 786. The van der Waals surface area contributed by atoms with Gasteiger partial charge in [0.15, 0.2) is 0 Å². The lowest BCUT2D eigenvalue weighted by atomic mass is 9.98. The van der Waals surface area contributed by atoms with Gasteiger partial charge in [-0.25, -0.2) is 4.98 Å². The van der Waals surface area contributed by atoms with E-state index in [0.29, 0.717) is 16.6 Å². The van der Waals surface area contributed by atoms with Crippen LogP contribution in [0.5, 0.6) is 0 Å². The van der Waals surface area contributed by atoms with Gasteiger partial charge in [0.2, 0.25) is 0 Å². The molecule has 1 aromatic heterocycles. The number of benzene rings is 2. The van der Waals surface area contributed by atoms with Gasteiger partial charge in [-0.15, -0.1) is 0 Å². The Morgan fingerprint density at radius 3 is 2.48 bits per heavy atom. The topological polar surface area (TPSA) is 42.7 Å². The first kappa shape index (κ1) is 16.0. The number of aromatic nitrogens is 3. The molecular weight excluding hydrogens is 331 g/mol. The molecule has 3 aromatic rings. The molecule has 0 fully saturated rings. The van der Waals surface area contributed by atoms with E-state index in [-0.39, 0.29) is 6.04 Å². The Hall–Kier alpha value is -1.88. The maximum absolute atomic E-state index is 6.18. The standard InChI is InChI=1S/C17H16Cl2N4/c1-23-16(21-11-22-23)10-20-17(12-5-3-2-4-6-12)13-7-8-14(18)15(19)9-13/h2-9,11,17,20H,10H2,1H3/t17-/m1/s1. The van der Waals surface area contributed by atoms with Gasteiger partial charge in [-0.05, 0) is 23.3 Å². The van der Waals surface area contributed by atoms with Gasteiger partial charge in [0, 0.05) is 7.05 Å². The second-order valence-electron chi connectivity index (χ2n) is 5.20. The Morgan fingerprint density at radius 2 is 1.83 bits per heavy atom. The van der Waals surface area contributed by atoms with Crippen molar-refractivity contribution in [1.29, 1.82) is 0 Å². The third-order valence-electron chi connectivity index (χ3n) is 3.68. The molecule has 2 aromatic carbocycles. The van der Waals surface area contributed by atoms with Crippen LogP contribution in [0.4, 0.5) is 0 Å². The van der Waals surface area contributed by atoms with E-state index < -0.39 is 0 Å². The molecule has 4 nitrogen and oxygen atoms in total. The van der Waals surface area contributed by atoms with E-state index >= 15 is 0 Å². The summed E-state index contributed by atoms with van der Waals surface area (Å²) < 4.78 is 1.75. The summed E-state index contributed by atoms with van der Waals surface area (Å²) in [6.45, 7) is 0.594. The molecule has 23 heavy (non-hydrogen) atoms. The molecule has 0 radical (unpaired) electrons. The summed E-state index contributed by atoms with van der Waals surface area (Å²) >= 11 is 12.2. The molecule has 6 heteroatoms. The van der Waals surface area contributed by atoms with Crippen LogP contribution in [0.2, 0.25) is 10.0 Å². The van der Waals surface area contributed by atoms with Crippen molar-refractivity contribution in [2.75, 3.05) is 0 Å². The van der Waals surface area contributed by atoms with Crippen molar-refractivity contribution in [3.05, 3.63) is 81.9 Å². The molecule has 0 aliphatic rings. The van der Waals surface area contributed by atoms with E-state index in [2.05, 4.69) is 27.5 Å². The monoisotopic (exact) mass is 346 g/mol. The van der Waals surface area contributed by atoms with E-state index in [1.54, 1.807) is 11.0 Å². The molecule has 0 aliphatic heterocycles. The molecule has 0 saturated carbocycles. The Balaban J connectivity index is 1.90. The van der Waals surface area contributed by atoms with Gasteiger partial charge in [-0.1, -0.05) is 59.6 Å². The smallest absolute Gasteiger partial charge is 0.140 e. The summed E-state index contributed by atoms with van der Waals surface area (Å²) in [6.07, 6.45) is 1.55. The first-order chi connectivity index (χ1) is 11.1. The third-order valence-corrected chi connectivity index (χ3v) is 4.42. The molecule has 1 N–H and O–H groups in total. The maximum Gasteiger partial charge on any atom is 0.140 e. The number of rotatable bonds is 5. The van der Waals surface area contributed by atoms with Crippen molar-refractivity contribution in [1.82, 2.24) is 20.1 Å². The van der Waals surface area contributed by atoms with Gasteiger partial charge >= 0.3 is 0 Å². The maximum atomic E-state index is 6.18. The average Bonchev–Trinajstić information content (AvgIpc) is 2.97. The summed E-state index contributed by atoms with van der Waals surface area (Å²) in [6, 6.07) is 15.9. The van der Waals surface area contributed by atoms with Gasteiger partial charge in [-0.2, -0.15) is 5.10 Å². The number of nitrogens with one attached hydrogen (secondary N) is 1. The van der Waals surface area contributed by atoms with Crippen LogP contribution in [-0.2, 0) is 13.6 Å². The van der Waals surface area contributed by atoms with Crippen molar-refractivity contribution < 1.29 is 0 Å². The second kappa shape index (κ2) is 7.13. The highest BCUT2D eigenvalue weighted by atomic mass is 35.5. The van der Waals surface area contributed by atoms with Gasteiger partial charge < -0.3 is 0 Å². The fraction of sp³-hybridized carbons (Fsp3) is 0.176. The first-order valence-corrected chi connectivity index (χ1v) is 7.97. The fourth-order valence-corrected chi connectivity index (χ4v) is 2.75. The van der Waals surface area contributed by atoms with Crippen LogP contribution in [0.3, 0.4) is 0 Å². The van der Waals surface area contributed by atoms with E-state index in [9.17, 15) is 0 Å². The number of hydrogen-bond donors (Lipinski definition) is 1. The molecule has 3 rings (SSSR count). The van der Waals surface area contributed by atoms with E-state index in [4.69, 9.17) is 23.2 Å². The van der Waals surface area contributed by atoms with Crippen molar-refractivity contribution in [3.63, 3.8) is 0 Å². The lowest BCUT2D eigenvalue weighted by Crippen LogP contribution is -2.23. The summed E-state index contributed by atoms with van der Waals surface area (Å²) in [5, 5.41) is 8.71. The van der Waals surface area contributed by atoms with Crippen LogP contribution in [0, 0.1) is 0 Å². The number of halogens is 2. The van der Waals surface area contributed by atoms with Crippen molar-refractivity contribution >= 4 is 23.2 Å².